The van der Waals surface area contributed by atoms with Crippen LogP contribution in [0.15, 0.2) is 34.9 Å². The third-order valence-corrected chi connectivity index (χ3v) is 5.10. The molecule has 0 unspecified atom stereocenters. The van der Waals surface area contributed by atoms with E-state index in [4.69, 9.17) is 21.1 Å². The van der Waals surface area contributed by atoms with Crippen molar-refractivity contribution >= 4 is 41.2 Å². The van der Waals surface area contributed by atoms with Gasteiger partial charge in [-0.25, -0.2) is 0 Å². The fourth-order valence-electron chi connectivity index (χ4n) is 2.68. The predicted molar refractivity (Wildman–Crippen MR) is 99.6 cm³/mol. The molecular weight excluding hydrogens is 392 g/mol. The third kappa shape index (κ3) is 4.81. The average molecular weight is 409 g/mol. The molecule has 2 rings (SSSR count). The molecule has 0 bridgehead atoms. The first-order valence-corrected chi connectivity index (χ1v) is 9.36. The van der Waals surface area contributed by atoms with Gasteiger partial charge in [-0.1, -0.05) is 35.5 Å². The van der Waals surface area contributed by atoms with Crippen LogP contribution in [0.25, 0.3) is 0 Å². The zero-order valence-corrected chi connectivity index (χ0v) is 16.2. The van der Waals surface area contributed by atoms with Crippen molar-refractivity contribution < 1.29 is 23.9 Å². The SMILES string of the molecule is CCOC(=O)CSC1=C(C#N)[C@@H](c2ccc(Cl)cc2)[C@H](C(=O)OC)C(=O)N1. The molecule has 1 heterocycles. The largest absolute Gasteiger partial charge is 0.468 e. The zero-order chi connectivity index (χ0) is 20.0. The van der Waals surface area contributed by atoms with Crippen molar-refractivity contribution in [1.82, 2.24) is 5.32 Å². The Bertz CT molecular complexity index is 816. The molecule has 1 aromatic rings. The van der Waals surface area contributed by atoms with Crippen molar-refractivity contribution in [3.8, 4) is 6.07 Å². The van der Waals surface area contributed by atoms with Gasteiger partial charge < -0.3 is 14.8 Å². The predicted octanol–water partition coefficient (Wildman–Crippen LogP) is 2.37. The van der Waals surface area contributed by atoms with Crippen LogP contribution in [0.3, 0.4) is 0 Å². The molecule has 0 spiro atoms. The topological polar surface area (TPSA) is 105 Å². The lowest BCUT2D eigenvalue weighted by atomic mass is 9.78. The Morgan fingerprint density at radius 2 is 2.00 bits per heavy atom. The molecule has 0 aromatic heterocycles. The van der Waals surface area contributed by atoms with E-state index in [2.05, 4.69) is 11.4 Å². The minimum absolute atomic E-state index is 0.0785. The monoisotopic (exact) mass is 408 g/mol. The van der Waals surface area contributed by atoms with Crippen LogP contribution in [0.2, 0.25) is 5.02 Å². The van der Waals surface area contributed by atoms with Gasteiger partial charge in [0.1, 0.15) is 5.92 Å². The highest BCUT2D eigenvalue weighted by molar-refractivity contribution is 8.03. The summed E-state index contributed by atoms with van der Waals surface area (Å²) in [6, 6.07) is 8.56. The van der Waals surface area contributed by atoms with E-state index in [1.165, 1.54) is 7.11 Å². The maximum Gasteiger partial charge on any atom is 0.319 e. The van der Waals surface area contributed by atoms with Crippen LogP contribution < -0.4 is 5.32 Å². The van der Waals surface area contributed by atoms with Gasteiger partial charge in [0.25, 0.3) is 0 Å². The van der Waals surface area contributed by atoms with E-state index in [9.17, 15) is 19.6 Å². The van der Waals surface area contributed by atoms with Gasteiger partial charge in [0.05, 0.1) is 36.1 Å². The lowest BCUT2D eigenvalue weighted by Crippen LogP contribution is -2.44. The van der Waals surface area contributed by atoms with Crippen molar-refractivity contribution in [3.63, 3.8) is 0 Å². The van der Waals surface area contributed by atoms with Gasteiger partial charge in [0.2, 0.25) is 5.91 Å². The summed E-state index contributed by atoms with van der Waals surface area (Å²) in [5.41, 5.74) is 0.733. The van der Waals surface area contributed by atoms with E-state index in [0.29, 0.717) is 10.6 Å². The molecule has 27 heavy (non-hydrogen) atoms. The van der Waals surface area contributed by atoms with E-state index in [1.54, 1.807) is 31.2 Å². The number of carbonyl (C=O) groups excluding carboxylic acids is 3. The van der Waals surface area contributed by atoms with Crippen LogP contribution in [0.4, 0.5) is 0 Å². The first kappa shape index (κ1) is 20.8. The molecule has 1 aliphatic heterocycles. The molecule has 0 aliphatic carbocycles. The lowest BCUT2D eigenvalue weighted by Gasteiger charge is -2.30. The fraction of sp³-hybridized carbons (Fsp3) is 0.333. The van der Waals surface area contributed by atoms with E-state index < -0.39 is 29.7 Å². The van der Waals surface area contributed by atoms with Crippen LogP contribution in [0, 0.1) is 17.2 Å². The van der Waals surface area contributed by atoms with Gasteiger partial charge in [-0.3, -0.25) is 14.4 Å². The van der Waals surface area contributed by atoms with Crippen molar-refractivity contribution in [2.45, 2.75) is 12.8 Å². The second kappa shape index (κ2) is 9.44. The van der Waals surface area contributed by atoms with Gasteiger partial charge in [-0.15, -0.1) is 0 Å². The summed E-state index contributed by atoms with van der Waals surface area (Å²) in [4.78, 5) is 36.4. The lowest BCUT2D eigenvalue weighted by molar-refractivity contribution is -0.150. The van der Waals surface area contributed by atoms with Crippen LogP contribution in [0.5, 0.6) is 0 Å². The van der Waals surface area contributed by atoms with E-state index in [-0.39, 0.29) is 23.0 Å². The Kier molecular flexibility index (Phi) is 7.28. The number of nitrogens with one attached hydrogen (secondary N) is 1. The first-order chi connectivity index (χ1) is 12.9. The van der Waals surface area contributed by atoms with Crippen molar-refractivity contribution in [1.29, 1.82) is 5.26 Å². The molecule has 2 atom stereocenters. The smallest absolute Gasteiger partial charge is 0.319 e. The van der Waals surface area contributed by atoms with Crippen LogP contribution >= 0.6 is 23.4 Å². The summed E-state index contributed by atoms with van der Waals surface area (Å²) in [7, 11) is 1.18. The number of rotatable bonds is 6. The number of halogens is 1. The summed E-state index contributed by atoms with van der Waals surface area (Å²) < 4.78 is 9.62. The van der Waals surface area contributed by atoms with Gasteiger partial charge in [0.15, 0.2) is 0 Å². The van der Waals surface area contributed by atoms with Gasteiger partial charge in [0, 0.05) is 10.9 Å². The molecule has 1 aromatic carbocycles. The summed E-state index contributed by atoms with van der Waals surface area (Å²) in [6.07, 6.45) is 0. The zero-order valence-electron chi connectivity index (χ0n) is 14.7. The number of carbonyl (C=O) groups is 3. The summed E-state index contributed by atoms with van der Waals surface area (Å²) in [5.74, 6) is -3.98. The van der Waals surface area contributed by atoms with Gasteiger partial charge in [-0.05, 0) is 24.6 Å². The first-order valence-electron chi connectivity index (χ1n) is 7.99. The van der Waals surface area contributed by atoms with Crippen LogP contribution in [0.1, 0.15) is 18.4 Å². The maximum atomic E-state index is 12.6. The van der Waals surface area contributed by atoms with Crippen molar-refractivity contribution in [2.75, 3.05) is 19.5 Å². The highest BCUT2D eigenvalue weighted by atomic mass is 35.5. The molecule has 0 fully saturated rings. The highest BCUT2D eigenvalue weighted by Crippen LogP contribution is 2.40. The Balaban J connectivity index is 2.48. The number of methoxy groups -OCH3 is 1. The molecular formula is C18H17ClN2O5S. The van der Waals surface area contributed by atoms with Gasteiger partial charge in [-0.2, -0.15) is 5.26 Å². The van der Waals surface area contributed by atoms with Crippen LogP contribution in [-0.2, 0) is 23.9 Å². The molecule has 1 amide bonds. The number of thioether (sulfide) groups is 1. The molecule has 1 N–H and O–H groups in total. The third-order valence-electron chi connectivity index (χ3n) is 3.85. The molecule has 0 saturated heterocycles. The van der Waals surface area contributed by atoms with Crippen molar-refractivity contribution in [2.24, 2.45) is 5.92 Å². The normalized spacial score (nSPS) is 19.1. The Morgan fingerprint density at radius 3 is 2.56 bits per heavy atom. The molecule has 9 heteroatoms. The number of amides is 1. The second-order valence-corrected chi connectivity index (χ2v) is 6.89. The minimum Gasteiger partial charge on any atom is -0.468 e. The Morgan fingerprint density at radius 1 is 1.33 bits per heavy atom. The molecule has 0 radical (unpaired) electrons. The number of benzene rings is 1. The second-order valence-electron chi connectivity index (χ2n) is 5.47. The number of nitriles is 1. The minimum atomic E-state index is -1.22. The van der Waals surface area contributed by atoms with Crippen molar-refractivity contribution in [3.05, 3.63) is 45.5 Å². The maximum absolute atomic E-state index is 12.6. The Labute approximate surface area is 165 Å². The fourth-order valence-corrected chi connectivity index (χ4v) is 3.66. The number of allylic oxidation sites excluding steroid dienone is 1. The number of nitrogens with zero attached hydrogens (tertiary/aromatic N) is 1. The quantitative estimate of drug-likeness (QED) is 0.569. The number of hydrogen-bond donors (Lipinski definition) is 1. The molecule has 142 valence electrons. The van der Waals surface area contributed by atoms with E-state index in [0.717, 1.165) is 11.8 Å². The average Bonchev–Trinajstić information content (AvgIpc) is 2.66. The Hall–Kier alpha value is -2.50. The molecule has 1 aliphatic rings. The van der Waals surface area contributed by atoms with Gasteiger partial charge >= 0.3 is 11.9 Å². The summed E-state index contributed by atoms with van der Waals surface area (Å²) in [6.45, 7) is 1.91. The molecule has 7 nitrogen and oxygen atoms in total. The number of ether oxygens (including phenoxy) is 2. The standard InChI is InChI=1S/C18H17ClN2O5S/c1-3-26-13(22)9-27-17-12(8-20)14(10-4-6-11(19)7-5-10)15(16(23)21-17)18(24)25-2/h4-7,14-15H,3,9H2,1-2H3,(H,21,23)/t14-,15+/m1/s1. The summed E-state index contributed by atoms with van der Waals surface area (Å²) >= 11 is 6.89. The van der Waals surface area contributed by atoms with E-state index in [1.807, 2.05) is 0 Å². The van der Waals surface area contributed by atoms with Crippen LogP contribution in [-0.4, -0.2) is 37.3 Å². The number of esters is 2. The molecule has 0 saturated carbocycles. The number of hydrogen-bond acceptors (Lipinski definition) is 7. The summed E-state index contributed by atoms with van der Waals surface area (Å²) in [5, 5.41) is 12.9. The highest BCUT2D eigenvalue weighted by Gasteiger charge is 2.44. The van der Waals surface area contributed by atoms with E-state index >= 15 is 0 Å².